The molecule has 4 rings (SSSR count). The number of aromatic carboxylic acids is 1. The van der Waals surface area contributed by atoms with Gasteiger partial charge in [-0.15, -0.1) is 0 Å². The second-order valence-corrected chi connectivity index (χ2v) is 7.72. The fraction of sp³-hybridized carbons (Fsp3) is 0.240. The highest BCUT2D eigenvalue weighted by atomic mass is 16.5. The Balaban J connectivity index is 1.33. The van der Waals surface area contributed by atoms with Crippen LogP contribution in [0.15, 0.2) is 65.1 Å². The number of carboxylic acids is 1. The molecule has 1 aromatic heterocycles. The Morgan fingerprint density at radius 1 is 1.00 bits per heavy atom. The van der Waals surface area contributed by atoms with Gasteiger partial charge in [-0.25, -0.2) is 9.59 Å². The summed E-state index contributed by atoms with van der Waals surface area (Å²) in [5.74, 6) is -1.57. The lowest BCUT2D eigenvalue weighted by atomic mass is 9.98. The number of hydrogen-bond donors (Lipinski definition) is 3. The predicted molar refractivity (Wildman–Crippen MR) is 120 cm³/mol. The summed E-state index contributed by atoms with van der Waals surface area (Å²) in [6.45, 7) is 1.93. The zero-order valence-corrected chi connectivity index (χ0v) is 18.0. The first-order valence-corrected chi connectivity index (χ1v) is 10.7. The first-order chi connectivity index (χ1) is 16.0. The van der Waals surface area contributed by atoms with E-state index >= 15 is 0 Å². The molecule has 3 aromatic rings. The average Bonchev–Trinajstić information content (AvgIpc) is 3.43. The highest BCUT2D eigenvalue weighted by Crippen LogP contribution is 2.44. The van der Waals surface area contributed by atoms with Crippen LogP contribution >= 0.6 is 0 Å². The van der Waals surface area contributed by atoms with Gasteiger partial charge >= 0.3 is 12.1 Å². The van der Waals surface area contributed by atoms with Gasteiger partial charge < -0.3 is 24.9 Å². The number of amides is 2. The SMILES string of the molecule is CC[C@H](NC(=O)OCC1c2ccccc2-c2ccccc21)C(=O)NCc1ccc(C(=O)O)o1. The van der Waals surface area contributed by atoms with E-state index in [4.69, 9.17) is 14.3 Å². The molecule has 8 heteroatoms. The Hall–Kier alpha value is -4.07. The maximum Gasteiger partial charge on any atom is 0.407 e. The summed E-state index contributed by atoms with van der Waals surface area (Å²) in [5, 5.41) is 14.1. The lowest BCUT2D eigenvalue weighted by Crippen LogP contribution is -2.46. The minimum Gasteiger partial charge on any atom is -0.475 e. The topological polar surface area (TPSA) is 118 Å². The fourth-order valence-electron chi connectivity index (χ4n) is 4.02. The van der Waals surface area contributed by atoms with Gasteiger partial charge in [0, 0.05) is 5.92 Å². The Labute approximate surface area is 190 Å². The number of carbonyl (C=O) groups excluding carboxylic acids is 2. The number of fused-ring (bicyclic) bond motifs is 3. The number of nitrogens with one attached hydrogen (secondary N) is 2. The van der Waals surface area contributed by atoms with Gasteiger partial charge in [0.2, 0.25) is 11.7 Å². The average molecular weight is 448 g/mol. The van der Waals surface area contributed by atoms with E-state index in [0.29, 0.717) is 12.2 Å². The third-order valence-corrected chi connectivity index (χ3v) is 5.67. The molecular weight excluding hydrogens is 424 g/mol. The monoisotopic (exact) mass is 448 g/mol. The number of carbonyl (C=O) groups is 3. The summed E-state index contributed by atoms with van der Waals surface area (Å²) in [5.41, 5.74) is 4.49. The summed E-state index contributed by atoms with van der Waals surface area (Å²) in [6.07, 6.45) is -0.320. The molecule has 0 unspecified atom stereocenters. The molecule has 1 atom stereocenters. The Kier molecular flexibility index (Phi) is 6.44. The van der Waals surface area contributed by atoms with Crippen molar-refractivity contribution in [1.29, 1.82) is 0 Å². The van der Waals surface area contributed by atoms with Crippen LogP contribution in [0.5, 0.6) is 0 Å². The molecule has 33 heavy (non-hydrogen) atoms. The van der Waals surface area contributed by atoms with Crippen molar-refractivity contribution < 1.29 is 28.6 Å². The van der Waals surface area contributed by atoms with E-state index in [1.165, 1.54) is 12.1 Å². The van der Waals surface area contributed by atoms with Crippen molar-refractivity contribution in [1.82, 2.24) is 10.6 Å². The Morgan fingerprint density at radius 2 is 1.64 bits per heavy atom. The summed E-state index contributed by atoms with van der Waals surface area (Å²) in [6, 6.07) is 18.1. The summed E-state index contributed by atoms with van der Waals surface area (Å²) < 4.78 is 10.6. The van der Waals surface area contributed by atoms with Gasteiger partial charge in [0.15, 0.2) is 0 Å². The lowest BCUT2D eigenvalue weighted by molar-refractivity contribution is -0.123. The highest BCUT2D eigenvalue weighted by Gasteiger charge is 2.29. The van der Waals surface area contributed by atoms with Crippen LogP contribution in [0.25, 0.3) is 11.1 Å². The van der Waals surface area contributed by atoms with Crippen molar-refractivity contribution >= 4 is 18.0 Å². The van der Waals surface area contributed by atoms with E-state index in [1.807, 2.05) is 36.4 Å². The summed E-state index contributed by atoms with van der Waals surface area (Å²) >= 11 is 0. The van der Waals surface area contributed by atoms with E-state index < -0.39 is 24.0 Å². The molecule has 1 aliphatic carbocycles. The second-order valence-electron chi connectivity index (χ2n) is 7.72. The molecule has 3 N–H and O–H groups in total. The molecule has 2 aromatic carbocycles. The van der Waals surface area contributed by atoms with E-state index in [0.717, 1.165) is 22.3 Å². The molecule has 0 aliphatic heterocycles. The number of alkyl carbamates (subject to hydrolysis) is 1. The van der Waals surface area contributed by atoms with Gasteiger partial charge in [-0.3, -0.25) is 4.79 Å². The van der Waals surface area contributed by atoms with Crippen molar-refractivity contribution in [3.05, 3.63) is 83.3 Å². The van der Waals surface area contributed by atoms with Crippen LogP contribution in [0.3, 0.4) is 0 Å². The Morgan fingerprint density at radius 3 is 2.21 bits per heavy atom. The molecule has 8 nitrogen and oxygen atoms in total. The first-order valence-electron chi connectivity index (χ1n) is 10.7. The van der Waals surface area contributed by atoms with Gasteiger partial charge in [-0.1, -0.05) is 55.5 Å². The molecule has 1 heterocycles. The Bertz CT molecular complexity index is 1140. The predicted octanol–water partition coefficient (Wildman–Crippen LogP) is 3.91. The van der Waals surface area contributed by atoms with Crippen LogP contribution in [-0.2, 0) is 16.1 Å². The van der Waals surface area contributed by atoms with Crippen LogP contribution < -0.4 is 10.6 Å². The maximum atomic E-state index is 12.5. The molecule has 0 bridgehead atoms. The largest absolute Gasteiger partial charge is 0.475 e. The van der Waals surface area contributed by atoms with Gasteiger partial charge in [0.1, 0.15) is 18.4 Å². The van der Waals surface area contributed by atoms with E-state index in [1.54, 1.807) is 6.92 Å². The first kappa shape index (κ1) is 22.1. The fourth-order valence-corrected chi connectivity index (χ4v) is 4.02. The molecular formula is C25H24N2O6. The zero-order valence-electron chi connectivity index (χ0n) is 18.0. The lowest BCUT2D eigenvalue weighted by Gasteiger charge is -2.18. The minimum absolute atomic E-state index is 0.00891. The van der Waals surface area contributed by atoms with Crippen LogP contribution in [0.2, 0.25) is 0 Å². The van der Waals surface area contributed by atoms with E-state index in [2.05, 4.69) is 22.8 Å². The summed E-state index contributed by atoms with van der Waals surface area (Å²) in [4.78, 5) is 35.8. The minimum atomic E-state index is -1.18. The number of ether oxygens (including phenoxy) is 1. The zero-order chi connectivity index (χ0) is 23.4. The molecule has 2 amide bonds. The molecule has 0 saturated heterocycles. The van der Waals surface area contributed by atoms with Crippen molar-refractivity contribution in [2.24, 2.45) is 0 Å². The second kappa shape index (κ2) is 9.60. The highest BCUT2D eigenvalue weighted by molar-refractivity contribution is 5.86. The number of benzene rings is 2. The third kappa shape index (κ3) is 4.74. The van der Waals surface area contributed by atoms with E-state index in [9.17, 15) is 14.4 Å². The molecule has 170 valence electrons. The van der Waals surface area contributed by atoms with Crippen LogP contribution in [0.1, 0.15) is 46.7 Å². The third-order valence-electron chi connectivity index (χ3n) is 5.67. The molecule has 0 spiro atoms. The number of rotatable bonds is 8. The smallest absolute Gasteiger partial charge is 0.407 e. The van der Waals surface area contributed by atoms with Crippen LogP contribution in [0.4, 0.5) is 4.79 Å². The molecule has 0 radical (unpaired) electrons. The molecule has 0 fully saturated rings. The molecule has 0 saturated carbocycles. The molecule has 1 aliphatic rings. The van der Waals surface area contributed by atoms with Crippen LogP contribution in [0, 0.1) is 0 Å². The normalized spacial score (nSPS) is 13.0. The quantitative estimate of drug-likeness (QED) is 0.481. The van der Waals surface area contributed by atoms with E-state index in [-0.39, 0.29) is 24.8 Å². The summed E-state index contributed by atoms with van der Waals surface area (Å²) in [7, 11) is 0. The van der Waals surface area contributed by atoms with Crippen molar-refractivity contribution in [3.63, 3.8) is 0 Å². The van der Waals surface area contributed by atoms with Gasteiger partial charge in [0.05, 0.1) is 6.54 Å². The van der Waals surface area contributed by atoms with Crippen LogP contribution in [-0.4, -0.2) is 35.7 Å². The van der Waals surface area contributed by atoms with Gasteiger partial charge in [-0.05, 0) is 40.8 Å². The number of carboxylic acid groups (broad SMARTS) is 1. The number of furan rings is 1. The number of hydrogen-bond acceptors (Lipinski definition) is 5. The van der Waals surface area contributed by atoms with Crippen molar-refractivity contribution in [3.8, 4) is 11.1 Å². The maximum absolute atomic E-state index is 12.5. The van der Waals surface area contributed by atoms with Crippen molar-refractivity contribution in [2.45, 2.75) is 31.8 Å². The van der Waals surface area contributed by atoms with Gasteiger partial charge in [0.25, 0.3) is 0 Å². The standard InChI is InChI=1S/C25H24N2O6/c1-2-21(23(28)26-13-15-11-12-22(33-15)24(29)30)27-25(31)32-14-20-18-9-5-3-7-16(18)17-8-4-6-10-19(17)20/h3-12,20-21H,2,13-14H2,1H3,(H,26,28)(H,27,31)(H,29,30)/t21-/m0/s1. The van der Waals surface area contributed by atoms with Crippen molar-refractivity contribution in [2.75, 3.05) is 6.61 Å². The van der Waals surface area contributed by atoms with Gasteiger partial charge in [-0.2, -0.15) is 0 Å².